The number of benzene rings is 9. The Bertz CT molecular complexity index is 3350. The van der Waals surface area contributed by atoms with Crippen LogP contribution in [-0.2, 0) is 10.8 Å². The smallest absolute Gasteiger partial charge is 0.160 e. The van der Waals surface area contributed by atoms with Crippen molar-refractivity contribution in [1.82, 2.24) is 9.97 Å². The molecule has 3 aliphatic rings. The highest BCUT2D eigenvalue weighted by atomic mass is 14.9. The number of nitrogens with zero attached hydrogens (tertiary/aromatic N) is 2. The number of fused-ring (bicyclic) bond motifs is 12. The summed E-state index contributed by atoms with van der Waals surface area (Å²) in [7, 11) is 0. The van der Waals surface area contributed by atoms with Crippen LogP contribution in [0.25, 0.3) is 67.3 Å². The molecule has 1 heterocycles. The molecule has 3 aliphatic carbocycles. The SMILES string of the molecule is c1ccc(-c2cc(-c3ccccc3)nc(-c3cccc(-c4cccc5c4C4(c6ccccc6-5)c5ccccc5C5(c6ccccc6)c6ccccc6-c6cccc4c65)c3)n2)cc1. The van der Waals surface area contributed by atoms with Crippen LogP contribution in [0.1, 0.15) is 44.5 Å². The fraction of sp³-hybridized carbons (Fsp3) is 0.0333. The lowest BCUT2D eigenvalue weighted by Crippen LogP contribution is -2.43. The number of aromatic nitrogens is 2. The van der Waals surface area contributed by atoms with Gasteiger partial charge in [0.2, 0.25) is 0 Å². The van der Waals surface area contributed by atoms with Crippen molar-refractivity contribution in [2.45, 2.75) is 10.8 Å². The quantitative estimate of drug-likeness (QED) is 0.174. The van der Waals surface area contributed by atoms with Crippen LogP contribution in [0.15, 0.2) is 231 Å². The minimum atomic E-state index is -0.606. The van der Waals surface area contributed by atoms with Gasteiger partial charge in [0.25, 0.3) is 0 Å². The van der Waals surface area contributed by atoms with Crippen molar-refractivity contribution in [1.29, 1.82) is 0 Å². The molecule has 0 aliphatic heterocycles. The van der Waals surface area contributed by atoms with Crippen molar-refractivity contribution in [2.75, 3.05) is 0 Å². The van der Waals surface area contributed by atoms with E-state index in [1.807, 2.05) is 12.1 Å². The average molecular weight is 787 g/mol. The standard InChI is InChI=1S/C60H38N2/c1-4-19-39(20-5-1)54-38-55(40-21-6-2-7-22-40)62-58(61-54)42-24-16-23-41(37-42)44-29-17-30-47-45-27-11-13-33-50(45)60(56(44)47)52-35-15-14-34-51(52)59(43-25-8-3-9-26-43)49-32-12-10-28-46(49)48-31-18-36-53(60)57(48)59/h1-38H. The Labute approximate surface area is 361 Å². The number of rotatable bonds is 5. The Balaban J connectivity index is 1.10. The van der Waals surface area contributed by atoms with Gasteiger partial charge in [0, 0.05) is 16.7 Å². The molecule has 0 saturated carbocycles. The molecule has 0 fully saturated rings. The van der Waals surface area contributed by atoms with Crippen LogP contribution >= 0.6 is 0 Å². The van der Waals surface area contributed by atoms with Gasteiger partial charge in [-0.1, -0.05) is 218 Å². The molecule has 10 aromatic rings. The monoisotopic (exact) mass is 786 g/mol. The van der Waals surface area contributed by atoms with E-state index >= 15 is 0 Å². The topological polar surface area (TPSA) is 25.8 Å². The molecule has 62 heavy (non-hydrogen) atoms. The van der Waals surface area contributed by atoms with E-state index in [9.17, 15) is 0 Å². The molecule has 0 radical (unpaired) electrons. The number of hydrogen-bond donors (Lipinski definition) is 0. The second-order valence-electron chi connectivity index (χ2n) is 16.7. The minimum Gasteiger partial charge on any atom is -0.228 e. The Morgan fingerprint density at radius 3 is 1.32 bits per heavy atom. The van der Waals surface area contributed by atoms with Gasteiger partial charge >= 0.3 is 0 Å². The van der Waals surface area contributed by atoms with E-state index < -0.39 is 10.8 Å². The first-order chi connectivity index (χ1) is 30.8. The molecule has 0 bridgehead atoms. The van der Waals surface area contributed by atoms with Crippen LogP contribution in [0, 0.1) is 0 Å². The molecule has 2 nitrogen and oxygen atoms in total. The summed E-state index contributed by atoms with van der Waals surface area (Å²) < 4.78 is 0. The zero-order valence-corrected chi connectivity index (χ0v) is 33.8. The van der Waals surface area contributed by atoms with Gasteiger partial charge in [0.15, 0.2) is 5.82 Å². The van der Waals surface area contributed by atoms with Crippen LogP contribution in [0.2, 0.25) is 0 Å². The average Bonchev–Trinajstić information content (AvgIpc) is 3.83. The maximum atomic E-state index is 5.25. The normalized spacial score (nSPS) is 17.2. The Morgan fingerprint density at radius 1 is 0.258 bits per heavy atom. The van der Waals surface area contributed by atoms with Crippen LogP contribution in [0.3, 0.4) is 0 Å². The van der Waals surface area contributed by atoms with E-state index in [1.165, 1.54) is 72.3 Å². The van der Waals surface area contributed by atoms with Crippen LogP contribution in [0.4, 0.5) is 0 Å². The largest absolute Gasteiger partial charge is 0.228 e. The molecule has 2 heteroatoms. The summed E-state index contributed by atoms with van der Waals surface area (Å²) in [6, 6.07) is 84.7. The molecule has 2 atom stereocenters. The molecule has 0 amide bonds. The van der Waals surface area contributed by atoms with Crippen LogP contribution in [0.5, 0.6) is 0 Å². The molecule has 1 aromatic heterocycles. The van der Waals surface area contributed by atoms with Gasteiger partial charge in [-0.15, -0.1) is 0 Å². The lowest BCUT2D eigenvalue weighted by Gasteiger charge is -2.48. The summed E-state index contributed by atoms with van der Waals surface area (Å²) in [5.74, 6) is 0.701. The summed E-state index contributed by atoms with van der Waals surface area (Å²) in [5.41, 5.74) is 22.0. The van der Waals surface area contributed by atoms with Crippen molar-refractivity contribution in [3.63, 3.8) is 0 Å². The van der Waals surface area contributed by atoms with Crippen LogP contribution in [-0.4, -0.2) is 9.97 Å². The molecule has 288 valence electrons. The molecular formula is C60H38N2. The Hall–Kier alpha value is -7.94. The van der Waals surface area contributed by atoms with E-state index in [2.05, 4.69) is 218 Å². The highest BCUT2D eigenvalue weighted by Crippen LogP contribution is 2.69. The van der Waals surface area contributed by atoms with Gasteiger partial charge in [-0.3, -0.25) is 0 Å². The van der Waals surface area contributed by atoms with Gasteiger partial charge < -0.3 is 0 Å². The van der Waals surface area contributed by atoms with Crippen molar-refractivity contribution in [3.05, 3.63) is 275 Å². The third-order valence-corrected chi connectivity index (χ3v) is 13.8. The van der Waals surface area contributed by atoms with E-state index in [4.69, 9.17) is 9.97 Å². The third-order valence-electron chi connectivity index (χ3n) is 13.8. The van der Waals surface area contributed by atoms with Gasteiger partial charge in [-0.25, -0.2) is 9.97 Å². The van der Waals surface area contributed by atoms with Gasteiger partial charge in [-0.2, -0.15) is 0 Å². The Kier molecular flexibility index (Phi) is 7.47. The predicted molar refractivity (Wildman–Crippen MR) is 252 cm³/mol. The van der Waals surface area contributed by atoms with Crippen molar-refractivity contribution in [2.24, 2.45) is 0 Å². The summed E-state index contributed by atoms with van der Waals surface area (Å²) in [4.78, 5) is 10.5. The highest BCUT2D eigenvalue weighted by Gasteiger charge is 2.60. The number of hydrogen-bond acceptors (Lipinski definition) is 2. The van der Waals surface area contributed by atoms with Crippen LogP contribution < -0.4 is 0 Å². The molecule has 1 spiro atoms. The maximum absolute atomic E-state index is 5.25. The molecule has 13 rings (SSSR count). The maximum Gasteiger partial charge on any atom is 0.160 e. The summed E-state index contributed by atoms with van der Waals surface area (Å²) >= 11 is 0. The van der Waals surface area contributed by atoms with Gasteiger partial charge in [-0.05, 0) is 90.0 Å². The summed E-state index contributed by atoms with van der Waals surface area (Å²) in [6.45, 7) is 0. The Morgan fingerprint density at radius 2 is 0.677 bits per heavy atom. The van der Waals surface area contributed by atoms with Gasteiger partial charge in [0.05, 0.1) is 22.2 Å². The predicted octanol–water partition coefficient (Wildman–Crippen LogP) is 14.2. The fourth-order valence-corrected chi connectivity index (χ4v) is 11.5. The van der Waals surface area contributed by atoms with Crippen molar-refractivity contribution in [3.8, 4) is 67.3 Å². The summed E-state index contributed by atoms with van der Waals surface area (Å²) in [5, 5.41) is 0. The second-order valence-corrected chi connectivity index (χ2v) is 16.7. The fourth-order valence-electron chi connectivity index (χ4n) is 11.5. The molecule has 0 saturated heterocycles. The van der Waals surface area contributed by atoms with E-state index in [0.29, 0.717) is 5.82 Å². The first-order valence-electron chi connectivity index (χ1n) is 21.5. The lowest BCUT2D eigenvalue weighted by atomic mass is 9.52. The lowest BCUT2D eigenvalue weighted by molar-refractivity contribution is 0.637. The highest BCUT2D eigenvalue weighted by molar-refractivity contribution is 5.98. The van der Waals surface area contributed by atoms with E-state index in [0.717, 1.165) is 33.6 Å². The zero-order valence-electron chi connectivity index (χ0n) is 33.8. The van der Waals surface area contributed by atoms with Crippen molar-refractivity contribution < 1.29 is 0 Å². The third kappa shape index (κ3) is 4.64. The first-order valence-corrected chi connectivity index (χ1v) is 21.5. The molecule has 0 N–H and O–H groups in total. The second kappa shape index (κ2) is 13.3. The first kappa shape index (κ1) is 34.9. The van der Waals surface area contributed by atoms with Gasteiger partial charge in [0.1, 0.15) is 0 Å². The zero-order chi connectivity index (χ0) is 40.8. The molecular weight excluding hydrogens is 749 g/mol. The van der Waals surface area contributed by atoms with E-state index in [1.54, 1.807) is 0 Å². The molecule has 2 unspecified atom stereocenters. The van der Waals surface area contributed by atoms with Crippen molar-refractivity contribution >= 4 is 0 Å². The summed E-state index contributed by atoms with van der Waals surface area (Å²) in [6.07, 6.45) is 0. The molecule has 9 aromatic carbocycles. The van der Waals surface area contributed by atoms with E-state index in [-0.39, 0.29) is 0 Å². The minimum absolute atomic E-state index is 0.490.